The molecule has 2 heteroatoms. The molecule has 12 heavy (non-hydrogen) atoms. The first-order valence-corrected chi connectivity index (χ1v) is 3.66. The van der Waals surface area contributed by atoms with Crippen LogP contribution in [0.2, 0.25) is 0 Å². The van der Waals surface area contributed by atoms with E-state index in [9.17, 15) is 0 Å². The van der Waals surface area contributed by atoms with Gasteiger partial charge < -0.3 is 10.8 Å². The molecule has 0 aliphatic rings. The zero-order valence-electron chi connectivity index (χ0n) is 6.75. The second-order valence-electron chi connectivity index (χ2n) is 2.41. The number of phenolic OH excluding ortho intramolecular Hbond substituents is 1. The van der Waals surface area contributed by atoms with E-state index in [4.69, 9.17) is 10.8 Å². The topological polar surface area (TPSA) is 46.2 Å². The van der Waals surface area contributed by atoms with Gasteiger partial charge in [-0.25, -0.2) is 0 Å². The van der Waals surface area contributed by atoms with Crippen molar-refractivity contribution in [3.8, 4) is 5.75 Å². The van der Waals surface area contributed by atoms with E-state index in [1.165, 1.54) is 0 Å². The molecule has 0 heterocycles. The van der Waals surface area contributed by atoms with Gasteiger partial charge in [-0.2, -0.15) is 0 Å². The van der Waals surface area contributed by atoms with E-state index in [0.29, 0.717) is 6.54 Å². The number of hydrogen-bond acceptors (Lipinski definition) is 2. The van der Waals surface area contributed by atoms with Crippen LogP contribution >= 0.6 is 0 Å². The first-order valence-electron chi connectivity index (χ1n) is 3.66. The molecule has 0 aromatic heterocycles. The third-order valence-electron chi connectivity index (χ3n) is 1.63. The number of aromatic hydroxyl groups is 1. The first-order chi connectivity index (χ1) is 5.77. The third kappa shape index (κ3) is 1.76. The predicted molar refractivity (Wildman–Crippen MR) is 49.7 cm³/mol. The summed E-state index contributed by atoms with van der Waals surface area (Å²) in [7, 11) is 0. The van der Waals surface area contributed by atoms with E-state index in [2.05, 4.69) is 12.3 Å². The van der Waals surface area contributed by atoms with Crippen LogP contribution in [0.1, 0.15) is 5.56 Å². The number of nitrogens with two attached hydrogens (primary N) is 1. The summed E-state index contributed by atoms with van der Waals surface area (Å²) in [6.45, 7) is 3.94. The van der Waals surface area contributed by atoms with E-state index in [-0.39, 0.29) is 5.75 Å². The Morgan fingerprint density at radius 2 is 2.00 bits per heavy atom. The second kappa shape index (κ2) is 3.77. The van der Waals surface area contributed by atoms with Crippen LogP contribution in [0, 0.1) is 0 Å². The van der Waals surface area contributed by atoms with Crippen LogP contribution < -0.4 is 5.73 Å². The average molecular weight is 161 g/mol. The van der Waals surface area contributed by atoms with Crippen LogP contribution in [0.4, 0.5) is 0 Å². The molecule has 0 saturated carbocycles. The van der Waals surface area contributed by atoms with E-state index in [1.807, 2.05) is 0 Å². The fourth-order valence-electron chi connectivity index (χ4n) is 0.955. The van der Waals surface area contributed by atoms with Crippen LogP contribution in [0.3, 0.4) is 0 Å². The van der Waals surface area contributed by atoms with Crippen LogP contribution in [0.25, 0.3) is 5.57 Å². The molecular formula is C10H11NO. The Labute approximate surface area is 71.6 Å². The summed E-state index contributed by atoms with van der Waals surface area (Å²) >= 11 is 0. The highest BCUT2D eigenvalue weighted by Crippen LogP contribution is 2.15. The van der Waals surface area contributed by atoms with Crippen molar-refractivity contribution >= 4 is 5.57 Å². The summed E-state index contributed by atoms with van der Waals surface area (Å²) in [6, 6.07) is 6.80. The maximum absolute atomic E-state index is 9.01. The van der Waals surface area contributed by atoms with Crippen molar-refractivity contribution in [2.45, 2.75) is 0 Å². The van der Waals surface area contributed by atoms with Gasteiger partial charge in [0.25, 0.3) is 0 Å². The van der Waals surface area contributed by atoms with Gasteiger partial charge in [0.05, 0.1) is 0 Å². The van der Waals surface area contributed by atoms with Crippen molar-refractivity contribution in [2.75, 3.05) is 6.54 Å². The molecule has 0 bridgehead atoms. The summed E-state index contributed by atoms with van der Waals surface area (Å²) in [5.74, 6) is 0.249. The zero-order chi connectivity index (χ0) is 8.97. The largest absolute Gasteiger partial charge is 0.508 e. The predicted octanol–water partition coefficient (Wildman–Crippen LogP) is 1.52. The van der Waals surface area contributed by atoms with Crippen molar-refractivity contribution < 1.29 is 5.11 Å². The van der Waals surface area contributed by atoms with Crippen LogP contribution in [-0.4, -0.2) is 11.7 Å². The summed E-state index contributed by atoms with van der Waals surface area (Å²) in [5.41, 5.74) is 10.0. The Hall–Kier alpha value is -1.50. The first kappa shape index (κ1) is 8.60. The lowest BCUT2D eigenvalue weighted by Crippen LogP contribution is -2.00. The standard InChI is InChI=1S/C10H11NO/c1-2-8(7-11)9-3-5-10(12)6-4-9/h3-6,12H,1,7,11H2. The molecule has 0 fully saturated rings. The lowest BCUT2D eigenvalue weighted by Gasteiger charge is -2.00. The van der Waals surface area contributed by atoms with Gasteiger partial charge in [-0.1, -0.05) is 18.7 Å². The number of phenols is 1. The number of benzene rings is 1. The zero-order valence-corrected chi connectivity index (χ0v) is 6.75. The lowest BCUT2D eigenvalue weighted by molar-refractivity contribution is 0.475. The van der Waals surface area contributed by atoms with Gasteiger partial charge in [0.15, 0.2) is 0 Å². The highest BCUT2D eigenvalue weighted by Gasteiger charge is 1.96. The molecule has 1 aromatic carbocycles. The van der Waals surface area contributed by atoms with Gasteiger partial charge in [-0.05, 0) is 17.7 Å². The number of hydrogen-bond donors (Lipinski definition) is 2. The quantitative estimate of drug-likeness (QED) is 0.646. The van der Waals surface area contributed by atoms with Crippen molar-refractivity contribution in [1.82, 2.24) is 0 Å². The van der Waals surface area contributed by atoms with Crippen molar-refractivity contribution in [3.63, 3.8) is 0 Å². The molecule has 0 atom stereocenters. The molecule has 0 aliphatic carbocycles. The lowest BCUT2D eigenvalue weighted by atomic mass is 10.1. The minimum Gasteiger partial charge on any atom is -0.508 e. The fourth-order valence-corrected chi connectivity index (χ4v) is 0.955. The summed E-state index contributed by atoms with van der Waals surface area (Å²) in [4.78, 5) is 0. The molecule has 0 saturated heterocycles. The second-order valence-corrected chi connectivity index (χ2v) is 2.41. The molecule has 1 aromatic rings. The maximum atomic E-state index is 9.01. The molecule has 62 valence electrons. The van der Waals surface area contributed by atoms with E-state index in [0.717, 1.165) is 11.1 Å². The van der Waals surface area contributed by atoms with Crippen LogP contribution in [-0.2, 0) is 0 Å². The Balaban J connectivity index is 3.04. The summed E-state index contributed by atoms with van der Waals surface area (Å²) < 4.78 is 0. The summed E-state index contributed by atoms with van der Waals surface area (Å²) in [6.07, 6.45) is 0. The molecule has 2 nitrogen and oxygen atoms in total. The number of rotatable bonds is 2. The highest BCUT2D eigenvalue weighted by atomic mass is 16.3. The van der Waals surface area contributed by atoms with Gasteiger partial charge in [0.1, 0.15) is 5.75 Å². The molecule has 3 N–H and O–H groups in total. The Morgan fingerprint density at radius 1 is 1.42 bits per heavy atom. The van der Waals surface area contributed by atoms with E-state index in [1.54, 1.807) is 24.3 Å². The average Bonchev–Trinajstić information content (AvgIpc) is 2.10. The van der Waals surface area contributed by atoms with Crippen LogP contribution in [0.15, 0.2) is 36.6 Å². The van der Waals surface area contributed by atoms with Crippen molar-refractivity contribution in [1.29, 1.82) is 0 Å². The van der Waals surface area contributed by atoms with Gasteiger partial charge >= 0.3 is 0 Å². The monoisotopic (exact) mass is 161 g/mol. The van der Waals surface area contributed by atoms with Gasteiger partial charge in [0, 0.05) is 12.1 Å². The smallest absolute Gasteiger partial charge is 0.115 e. The molecular weight excluding hydrogens is 150 g/mol. The minimum absolute atomic E-state index is 0.249. The summed E-state index contributed by atoms with van der Waals surface area (Å²) in [5, 5.41) is 9.01. The Morgan fingerprint density at radius 3 is 2.42 bits per heavy atom. The Kier molecular flexibility index (Phi) is 2.70. The van der Waals surface area contributed by atoms with E-state index < -0.39 is 0 Å². The molecule has 0 spiro atoms. The maximum Gasteiger partial charge on any atom is 0.115 e. The van der Waals surface area contributed by atoms with Gasteiger partial charge in [0.2, 0.25) is 0 Å². The molecule has 0 amide bonds. The SMILES string of the molecule is C=C=C(CN)c1ccc(O)cc1. The van der Waals surface area contributed by atoms with Gasteiger partial charge in [-0.15, -0.1) is 5.73 Å². The highest BCUT2D eigenvalue weighted by molar-refractivity contribution is 5.66. The molecule has 0 aliphatic heterocycles. The minimum atomic E-state index is 0.249. The Bertz CT molecular complexity index is 307. The molecule has 0 radical (unpaired) electrons. The van der Waals surface area contributed by atoms with Crippen molar-refractivity contribution in [2.24, 2.45) is 5.73 Å². The third-order valence-corrected chi connectivity index (χ3v) is 1.63. The van der Waals surface area contributed by atoms with Crippen molar-refractivity contribution in [3.05, 3.63) is 42.1 Å². The van der Waals surface area contributed by atoms with Gasteiger partial charge in [-0.3, -0.25) is 0 Å². The fraction of sp³-hybridized carbons (Fsp3) is 0.100. The molecule has 0 unspecified atom stereocenters. The normalized spacial score (nSPS) is 9.08. The van der Waals surface area contributed by atoms with Crippen LogP contribution in [0.5, 0.6) is 5.75 Å². The molecule has 1 rings (SSSR count). The van der Waals surface area contributed by atoms with E-state index >= 15 is 0 Å².